The summed E-state index contributed by atoms with van der Waals surface area (Å²) in [6.45, 7) is 3.30. The summed E-state index contributed by atoms with van der Waals surface area (Å²) in [5.74, 6) is -1.19. The summed E-state index contributed by atoms with van der Waals surface area (Å²) in [4.78, 5) is 32.6. The van der Waals surface area contributed by atoms with Gasteiger partial charge in [-0.25, -0.2) is 14.6 Å². The molecule has 8 nitrogen and oxygen atoms in total. The third kappa shape index (κ3) is 2.35. The van der Waals surface area contributed by atoms with Crippen molar-refractivity contribution in [2.75, 3.05) is 6.26 Å². The Balaban J connectivity index is 2.35. The Hall–Kier alpha value is -2.42. The molecule has 24 heavy (non-hydrogen) atoms. The first-order valence-corrected chi connectivity index (χ1v) is 8.62. The van der Waals surface area contributed by atoms with E-state index in [1.807, 2.05) is 6.26 Å². The number of amides is 2. The zero-order valence-corrected chi connectivity index (χ0v) is 14.5. The number of nitrogens with zero attached hydrogens (tertiary/aromatic N) is 4. The fourth-order valence-corrected chi connectivity index (χ4v) is 3.11. The fourth-order valence-electron chi connectivity index (χ4n) is 2.77. The standard InChI is InChI=1S/C15H18N6O2S/c1-15(2,13(17)23)21-11-8(10(20-21)12(16)22)5-4-7-6-18-14(24-3)19-9(7)11/h6H,4-5H2,1-3H3,(H2,16,22)(H2,17,23). The molecule has 0 fully saturated rings. The summed E-state index contributed by atoms with van der Waals surface area (Å²) < 4.78 is 1.47. The molecule has 0 aliphatic heterocycles. The molecule has 0 aromatic carbocycles. The quantitative estimate of drug-likeness (QED) is 0.612. The SMILES string of the molecule is CSc1ncc2c(n1)-c1c(c(C(N)=O)nn1C(C)(C)C(N)=O)CC2. The van der Waals surface area contributed by atoms with Crippen molar-refractivity contribution in [1.82, 2.24) is 19.7 Å². The van der Waals surface area contributed by atoms with Gasteiger partial charge in [-0.15, -0.1) is 0 Å². The van der Waals surface area contributed by atoms with Gasteiger partial charge in [0.25, 0.3) is 5.91 Å². The number of aryl methyl sites for hydroxylation is 1. The van der Waals surface area contributed by atoms with Crippen molar-refractivity contribution in [1.29, 1.82) is 0 Å². The van der Waals surface area contributed by atoms with Gasteiger partial charge in [-0.05, 0) is 38.5 Å². The van der Waals surface area contributed by atoms with Gasteiger partial charge in [0.2, 0.25) is 5.91 Å². The van der Waals surface area contributed by atoms with Gasteiger partial charge in [0.15, 0.2) is 10.9 Å². The lowest BCUT2D eigenvalue weighted by Crippen LogP contribution is -2.42. The number of carbonyl (C=O) groups is 2. The van der Waals surface area contributed by atoms with E-state index in [1.54, 1.807) is 20.0 Å². The van der Waals surface area contributed by atoms with Gasteiger partial charge in [0.05, 0.1) is 11.4 Å². The molecule has 0 saturated heterocycles. The minimum absolute atomic E-state index is 0.161. The Morgan fingerprint density at radius 2 is 2.00 bits per heavy atom. The van der Waals surface area contributed by atoms with E-state index in [0.29, 0.717) is 34.9 Å². The zero-order chi connectivity index (χ0) is 17.6. The Kier molecular flexibility index (Phi) is 3.83. The van der Waals surface area contributed by atoms with Crippen LogP contribution in [0.15, 0.2) is 11.4 Å². The third-order valence-corrected chi connectivity index (χ3v) is 4.80. The van der Waals surface area contributed by atoms with Crippen LogP contribution in [0.4, 0.5) is 0 Å². The lowest BCUT2D eigenvalue weighted by Gasteiger charge is -2.26. The first-order valence-electron chi connectivity index (χ1n) is 7.39. The predicted molar refractivity (Wildman–Crippen MR) is 89.5 cm³/mol. The normalized spacial score (nSPS) is 13.3. The molecule has 1 aliphatic rings. The average Bonchev–Trinajstić information content (AvgIpc) is 2.95. The number of rotatable bonds is 4. The monoisotopic (exact) mass is 346 g/mol. The van der Waals surface area contributed by atoms with Crippen molar-refractivity contribution in [3.8, 4) is 11.4 Å². The lowest BCUT2D eigenvalue weighted by molar-refractivity contribution is -0.125. The zero-order valence-electron chi connectivity index (χ0n) is 13.7. The highest BCUT2D eigenvalue weighted by molar-refractivity contribution is 7.98. The highest BCUT2D eigenvalue weighted by Crippen LogP contribution is 2.37. The Morgan fingerprint density at radius 3 is 2.58 bits per heavy atom. The van der Waals surface area contributed by atoms with Gasteiger partial charge in [-0.3, -0.25) is 9.59 Å². The minimum atomic E-state index is -1.13. The molecule has 2 aromatic heterocycles. The smallest absolute Gasteiger partial charge is 0.269 e. The van der Waals surface area contributed by atoms with Crippen LogP contribution in [0.2, 0.25) is 0 Å². The van der Waals surface area contributed by atoms with Crippen LogP contribution in [0.3, 0.4) is 0 Å². The van der Waals surface area contributed by atoms with E-state index in [0.717, 1.165) is 5.56 Å². The van der Waals surface area contributed by atoms with Crippen molar-refractivity contribution in [2.24, 2.45) is 11.5 Å². The molecule has 2 heterocycles. The predicted octanol–water partition coefficient (Wildman–Crippen LogP) is 0.480. The highest BCUT2D eigenvalue weighted by Gasteiger charge is 2.37. The molecular formula is C15H18N6O2S. The molecule has 3 rings (SSSR count). The Morgan fingerprint density at radius 1 is 1.29 bits per heavy atom. The first-order chi connectivity index (χ1) is 11.3. The molecule has 2 aromatic rings. The molecule has 0 radical (unpaired) electrons. The molecular weight excluding hydrogens is 328 g/mol. The molecule has 9 heteroatoms. The van der Waals surface area contributed by atoms with Crippen LogP contribution >= 0.6 is 11.8 Å². The second-order valence-corrected chi connectivity index (χ2v) is 6.88. The van der Waals surface area contributed by atoms with E-state index in [9.17, 15) is 9.59 Å². The maximum Gasteiger partial charge on any atom is 0.269 e. The van der Waals surface area contributed by atoms with Crippen molar-refractivity contribution in [2.45, 2.75) is 37.4 Å². The molecule has 4 N–H and O–H groups in total. The summed E-state index contributed by atoms with van der Waals surface area (Å²) in [7, 11) is 0. The van der Waals surface area contributed by atoms with E-state index < -0.39 is 17.4 Å². The van der Waals surface area contributed by atoms with Gasteiger partial charge in [-0.2, -0.15) is 5.10 Å². The molecule has 0 spiro atoms. The number of carbonyl (C=O) groups excluding carboxylic acids is 2. The maximum absolute atomic E-state index is 11.9. The maximum atomic E-state index is 11.9. The number of nitrogens with two attached hydrogens (primary N) is 2. The molecule has 0 bridgehead atoms. The Labute approximate surface area is 143 Å². The van der Waals surface area contributed by atoms with Crippen LogP contribution in [-0.2, 0) is 23.2 Å². The van der Waals surface area contributed by atoms with Crippen LogP contribution in [-0.4, -0.2) is 37.8 Å². The van der Waals surface area contributed by atoms with Gasteiger partial charge in [0, 0.05) is 11.8 Å². The minimum Gasteiger partial charge on any atom is -0.368 e. The van der Waals surface area contributed by atoms with Crippen LogP contribution < -0.4 is 11.5 Å². The van der Waals surface area contributed by atoms with Crippen molar-refractivity contribution in [3.63, 3.8) is 0 Å². The average molecular weight is 346 g/mol. The lowest BCUT2D eigenvalue weighted by atomic mass is 9.92. The van der Waals surface area contributed by atoms with E-state index in [1.165, 1.54) is 16.4 Å². The third-order valence-electron chi connectivity index (χ3n) is 4.24. The van der Waals surface area contributed by atoms with E-state index >= 15 is 0 Å². The van der Waals surface area contributed by atoms with E-state index in [4.69, 9.17) is 11.5 Å². The van der Waals surface area contributed by atoms with Gasteiger partial charge >= 0.3 is 0 Å². The van der Waals surface area contributed by atoms with Crippen molar-refractivity contribution < 1.29 is 9.59 Å². The van der Waals surface area contributed by atoms with Gasteiger partial charge in [-0.1, -0.05) is 11.8 Å². The highest BCUT2D eigenvalue weighted by atomic mass is 32.2. The number of hydrogen-bond acceptors (Lipinski definition) is 6. The van der Waals surface area contributed by atoms with Gasteiger partial charge in [0.1, 0.15) is 5.54 Å². The summed E-state index contributed by atoms with van der Waals surface area (Å²) in [6.07, 6.45) is 4.91. The molecule has 0 saturated carbocycles. The summed E-state index contributed by atoms with van der Waals surface area (Å²) >= 11 is 1.41. The molecule has 126 valence electrons. The van der Waals surface area contributed by atoms with Crippen molar-refractivity contribution >= 4 is 23.6 Å². The van der Waals surface area contributed by atoms with Crippen LogP contribution in [0.1, 0.15) is 35.5 Å². The van der Waals surface area contributed by atoms with E-state index in [2.05, 4.69) is 15.1 Å². The number of thioether (sulfide) groups is 1. The van der Waals surface area contributed by atoms with Crippen molar-refractivity contribution in [3.05, 3.63) is 23.0 Å². The summed E-state index contributed by atoms with van der Waals surface area (Å²) in [5.41, 5.74) is 13.0. The molecule has 1 aliphatic carbocycles. The van der Waals surface area contributed by atoms with Gasteiger partial charge < -0.3 is 11.5 Å². The summed E-state index contributed by atoms with van der Waals surface area (Å²) in [5, 5.41) is 4.92. The van der Waals surface area contributed by atoms with Crippen LogP contribution in [0, 0.1) is 0 Å². The molecule has 0 atom stereocenters. The topological polar surface area (TPSA) is 130 Å². The second kappa shape index (κ2) is 5.59. The largest absolute Gasteiger partial charge is 0.368 e. The van der Waals surface area contributed by atoms with Crippen LogP contribution in [0.25, 0.3) is 11.4 Å². The summed E-state index contributed by atoms with van der Waals surface area (Å²) in [6, 6.07) is 0. The fraction of sp³-hybridized carbons (Fsp3) is 0.400. The second-order valence-electron chi connectivity index (χ2n) is 6.11. The Bertz CT molecular complexity index is 858. The molecule has 2 amide bonds. The van der Waals surface area contributed by atoms with E-state index in [-0.39, 0.29) is 5.69 Å². The van der Waals surface area contributed by atoms with Crippen LogP contribution in [0.5, 0.6) is 0 Å². The number of aromatic nitrogens is 4. The number of hydrogen-bond donors (Lipinski definition) is 2. The number of fused-ring (bicyclic) bond motifs is 3. The molecule has 0 unspecified atom stereocenters. The number of primary amides is 2. The first kappa shape index (κ1) is 16.4.